The Morgan fingerprint density at radius 2 is 2.20 bits per heavy atom. The van der Waals surface area contributed by atoms with Crippen molar-refractivity contribution in [2.24, 2.45) is 0 Å². The molecular formula is C20H29N3O7. The average Bonchev–Trinajstić information content (AvgIpc) is 2.70. The molecule has 166 valence electrons. The minimum absolute atomic E-state index is 0.0343. The molecule has 1 aliphatic heterocycles. The van der Waals surface area contributed by atoms with E-state index in [-0.39, 0.29) is 30.8 Å². The fourth-order valence-corrected chi connectivity index (χ4v) is 3.60. The summed E-state index contributed by atoms with van der Waals surface area (Å²) in [7, 11) is 0. The van der Waals surface area contributed by atoms with Gasteiger partial charge >= 0.3 is 11.8 Å². The smallest absolute Gasteiger partial charge is 0.363 e. The molecule has 0 saturated carbocycles. The summed E-state index contributed by atoms with van der Waals surface area (Å²) in [5.41, 5.74) is 0.725. The molecule has 1 amide bonds. The number of amides is 1. The van der Waals surface area contributed by atoms with Gasteiger partial charge in [0.15, 0.2) is 0 Å². The molecule has 10 nitrogen and oxygen atoms in total. The van der Waals surface area contributed by atoms with E-state index in [0.29, 0.717) is 45.3 Å². The fraction of sp³-hybridized carbons (Fsp3) is 0.650. The minimum atomic E-state index is -0.899. The molecule has 10 heteroatoms. The number of piperidine rings is 1. The van der Waals surface area contributed by atoms with Gasteiger partial charge in [-0.1, -0.05) is 0 Å². The van der Waals surface area contributed by atoms with E-state index in [9.17, 15) is 24.8 Å². The van der Waals surface area contributed by atoms with Crippen LogP contribution in [-0.4, -0.2) is 68.8 Å². The highest BCUT2D eigenvalue weighted by atomic mass is 16.6. The third-order valence-corrected chi connectivity index (χ3v) is 5.14. The number of aliphatic hydroxyl groups excluding tert-OH is 1. The van der Waals surface area contributed by atoms with Gasteiger partial charge in [-0.2, -0.15) is 0 Å². The van der Waals surface area contributed by atoms with Crippen molar-refractivity contribution in [2.45, 2.75) is 63.5 Å². The Bertz CT molecular complexity index is 711. The van der Waals surface area contributed by atoms with Crippen molar-refractivity contribution in [1.29, 1.82) is 0 Å². The topological polar surface area (TPSA) is 143 Å². The zero-order chi connectivity index (χ0) is 21.9. The van der Waals surface area contributed by atoms with Crippen LogP contribution in [0.25, 0.3) is 0 Å². The molecule has 2 heterocycles. The zero-order valence-corrected chi connectivity index (χ0v) is 16.9. The summed E-state index contributed by atoms with van der Waals surface area (Å²) in [6.45, 7) is 1.12. The maximum Gasteiger partial charge on any atom is 0.363 e. The fourth-order valence-electron chi connectivity index (χ4n) is 3.60. The van der Waals surface area contributed by atoms with E-state index in [1.54, 1.807) is 6.07 Å². The second-order valence-corrected chi connectivity index (χ2v) is 7.46. The maximum absolute atomic E-state index is 12.3. The summed E-state index contributed by atoms with van der Waals surface area (Å²) < 4.78 is 5.29. The van der Waals surface area contributed by atoms with Crippen molar-refractivity contribution in [3.05, 3.63) is 34.0 Å². The Morgan fingerprint density at radius 3 is 2.87 bits per heavy atom. The summed E-state index contributed by atoms with van der Waals surface area (Å²) in [6, 6.07) is 2.98. The first-order valence-corrected chi connectivity index (χ1v) is 10.2. The van der Waals surface area contributed by atoms with Gasteiger partial charge < -0.3 is 30.0 Å². The van der Waals surface area contributed by atoms with E-state index in [1.165, 1.54) is 12.3 Å². The Morgan fingerprint density at radius 1 is 1.40 bits per heavy atom. The first-order valence-electron chi connectivity index (χ1n) is 10.2. The summed E-state index contributed by atoms with van der Waals surface area (Å²) in [4.78, 5) is 38.5. The van der Waals surface area contributed by atoms with Crippen LogP contribution < -0.4 is 0 Å². The van der Waals surface area contributed by atoms with Crippen LogP contribution >= 0.6 is 0 Å². The highest BCUT2D eigenvalue weighted by molar-refractivity contribution is 5.77. The van der Waals surface area contributed by atoms with Crippen molar-refractivity contribution in [3.63, 3.8) is 0 Å². The van der Waals surface area contributed by atoms with Gasteiger partial charge in [0.25, 0.3) is 0 Å². The van der Waals surface area contributed by atoms with Crippen LogP contribution in [0.3, 0.4) is 0 Å². The number of pyridine rings is 1. The van der Waals surface area contributed by atoms with E-state index in [4.69, 9.17) is 9.84 Å². The minimum Gasteiger partial charge on any atom is -0.481 e. The van der Waals surface area contributed by atoms with Gasteiger partial charge in [0.05, 0.1) is 19.1 Å². The van der Waals surface area contributed by atoms with E-state index < -0.39 is 17.0 Å². The summed E-state index contributed by atoms with van der Waals surface area (Å²) >= 11 is 0. The monoisotopic (exact) mass is 423 g/mol. The number of carbonyl (C=O) groups excluding carboxylic acids is 1. The molecular weight excluding hydrogens is 394 g/mol. The van der Waals surface area contributed by atoms with Crippen LogP contribution in [0.15, 0.2) is 18.3 Å². The lowest BCUT2D eigenvalue weighted by molar-refractivity contribution is -0.389. The molecule has 30 heavy (non-hydrogen) atoms. The van der Waals surface area contributed by atoms with Crippen LogP contribution in [0.4, 0.5) is 5.82 Å². The molecule has 2 atom stereocenters. The van der Waals surface area contributed by atoms with Crippen molar-refractivity contribution < 1.29 is 29.5 Å². The van der Waals surface area contributed by atoms with E-state index in [0.717, 1.165) is 18.4 Å². The molecule has 1 aromatic rings. The standard InChI is InChI=1S/C20H29N3O7/c24-17(13-15-5-8-18(21-14-15)23(28)29)7-6-16-3-1-4-19(25)22(16)10-2-11-30-12-9-20(26)27/h5,8,14,16-17,24H,1-4,6-7,9-13H2,(H,26,27)/t16-,17?/m1/s1. The van der Waals surface area contributed by atoms with E-state index >= 15 is 0 Å². The number of aliphatic hydroxyl groups is 1. The number of carboxylic acid groups (broad SMARTS) is 1. The number of hydrogen-bond donors (Lipinski definition) is 2. The van der Waals surface area contributed by atoms with Crippen molar-refractivity contribution in [3.8, 4) is 0 Å². The second-order valence-electron chi connectivity index (χ2n) is 7.46. The normalized spacial score (nSPS) is 17.7. The van der Waals surface area contributed by atoms with Gasteiger partial charge in [0.1, 0.15) is 6.20 Å². The predicted octanol–water partition coefficient (Wildman–Crippen LogP) is 1.94. The number of carboxylic acids is 1. The van der Waals surface area contributed by atoms with Crippen molar-refractivity contribution in [2.75, 3.05) is 19.8 Å². The second kappa shape index (κ2) is 12.2. The number of ether oxygens (including phenoxy) is 1. The average molecular weight is 423 g/mol. The van der Waals surface area contributed by atoms with E-state index in [1.807, 2.05) is 4.90 Å². The Balaban J connectivity index is 1.75. The number of likely N-dealkylation sites (tertiary alicyclic amines) is 1. The number of aliphatic carboxylic acids is 1. The third kappa shape index (κ3) is 8.03. The maximum atomic E-state index is 12.3. The van der Waals surface area contributed by atoms with Crippen molar-refractivity contribution in [1.82, 2.24) is 9.88 Å². The Kier molecular flexibility index (Phi) is 9.62. The zero-order valence-electron chi connectivity index (χ0n) is 16.9. The van der Waals surface area contributed by atoms with Gasteiger partial charge in [-0.15, -0.1) is 0 Å². The summed E-state index contributed by atoms with van der Waals surface area (Å²) in [5.74, 6) is -1.02. The van der Waals surface area contributed by atoms with Crippen LogP contribution in [0, 0.1) is 10.1 Å². The lowest BCUT2D eigenvalue weighted by atomic mass is 9.94. The van der Waals surface area contributed by atoms with Gasteiger partial charge in [0.2, 0.25) is 5.91 Å². The number of rotatable bonds is 13. The van der Waals surface area contributed by atoms with Crippen LogP contribution in [0.1, 0.15) is 50.5 Å². The molecule has 2 rings (SSSR count). The summed E-state index contributed by atoms with van der Waals surface area (Å²) in [5, 5.41) is 29.6. The molecule has 0 aliphatic carbocycles. The van der Waals surface area contributed by atoms with Gasteiger partial charge in [-0.25, -0.2) is 0 Å². The van der Waals surface area contributed by atoms with Gasteiger partial charge in [0, 0.05) is 38.1 Å². The Labute approximate surface area is 175 Å². The predicted molar refractivity (Wildman–Crippen MR) is 107 cm³/mol. The molecule has 1 fully saturated rings. The lowest BCUT2D eigenvalue weighted by Gasteiger charge is -2.36. The molecule has 1 aliphatic rings. The van der Waals surface area contributed by atoms with Gasteiger partial charge in [-0.05, 0) is 53.6 Å². The number of carbonyl (C=O) groups is 2. The van der Waals surface area contributed by atoms with Crippen LogP contribution in [0.2, 0.25) is 0 Å². The molecule has 0 radical (unpaired) electrons. The lowest BCUT2D eigenvalue weighted by Crippen LogP contribution is -2.44. The highest BCUT2D eigenvalue weighted by Gasteiger charge is 2.27. The number of nitro groups is 1. The molecule has 1 saturated heterocycles. The van der Waals surface area contributed by atoms with Crippen LogP contribution in [0.5, 0.6) is 0 Å². The first-order chi connectivity index (χ1) is 14.4. The molecule has 1 aromatic heterocycles. The third-order valence-electron chi connectivity index (χ3n) is 5.14. The van der Waals surface area contributed by atoms with Gasteiger partial charge in [-0.3, -0.25) is 9.59 Å². The van der Waals surface area contributed by atoms with E-state index in [2.05, 4.69) is 4.98 Å². The first kappa shape index (κ1) is 23.7. The number of hydrogen-bond acceptors (Lipinski definition) is 7. The number of nitrogens with zero attached hydrogens (tertiary/aromatic N) is 3. The van der Waals surface area contributed by atoms with Crippen molar-refractivity contribution >= 4 is 17.7 Å². The summed E-state index contributed by atoms with van der Waals surface area (Å²) in [6.07, 6.45) is 5.17. The Hall–Kier alpha value is -2.59. The largest absolute Gasteiger partial charge is 0.481 e. The molecule has 2 N–H and O–H groups in total. The molecule has 0 bridgehead atoms. The molecule has 0 spiro atoms. The molecule has 0 aromatic carbocycles. The quantitative estimate of drug-likeness (QED) is 0.278. The SMILES string of the molecule is O=C(O)CCOCCCN1C(=O)CCC[C@@H]1CCC(O)Cc1ccc([N+](=O)[O-])nc1. The molecule has 1 unspecified atom stereocenters. The van der Waals surface area contributed by atoms with Crippen LogP contribution in [-0.2, 0) is 20.7 Å². The number of aromatic nitrogens is 1. The highest BCUT2D eigenvalue weighted by Crippen LogP contribution is 2.23.